The lowest BCUT2D eigenvalue weighted by molar-refractivity contribution is -0.137. The van der Waals surface area contributed by atoms with Crippen LogP contribution in [0.3, 0.4) is 0 Å². The van der Waals surface area contributed by atoms with Gasteiger partial charge in [0, 0.05) is 6.42 Å². The van der Waals surface area contributed by atoms with Crippen LogP contribution < -0.4 is 4.74 Å². The summed E-state index contributed by atoms with van der Waals surface area (Å²) in [6.07, 6.45) is -4.42. The Morgan fingerprint density at radius 1 is 0.821 bits per heavy atom. The molecule has 28 heavy (non-hydrogen) atoms. The summed E-state index contributed by atoms with van der Waals surface area (Å²) in [6, 6.07) is 15.9. The molecule has 0 radical (unpaired) electrons. The van der Waals surface area contributed by atoms with Crippen molar-refractivity contribution in [3.05, 3.63) is 99.9 Å². The zero-order chi connectivity index (χ0) is 20.3. The van der Waals surface area contributed by atoms with E-state index >= 15 is 0 Å². The van der Waals surface area contributed by atoms with E-state index in [4.69, 9.17) is 4.74 Å². The Kier molecular flexibility index (Phi) is 5.73. The van der Waals surface area contributed by atoms with Gasteiger partial charge in [-0.25, -0.2) is 4.39 Å². The number of hydrogen-bond acceptors (Lipinski definition) is 1. The van der Waals surface area contributed by atoms with Crippen LogP contribution in [0.4, 0.5) is 17.6 Å². The number of alkyl halides is 3. The van der Waals surface area contributed by atoms with Crippen LogP contribution in [-0.2, 0) is 19.2 Å². The zero-order valence-corrected chi connectivity index (χ0v) is 15.6. The molecule has 3 aromatic carbocycles. The fraction of sp³-hybridized carbons (Fsp3) is 0.217. The number of halogens is 4. The Hall–Kier alpha value is -2.82. The van der Waals surface area contributed by atoms with Gasteiger partial charge in [-0.05, 0) is 48.7 Å². The highest BCUT2D eigenvalue weighted by Crippen LogP contribution is 2.31. The third-order valence-corrected chi connectivity index (χ3v) is 4.41. The predicted molar refractivity (Wildman–Crippen MR) is 101 cm³/mol. The zero-order valence-electron chi connectivity index (χ0n) is 15.6. The second-order valence-electron chi connectivity index (χ2n) is 6.87. The SMILES string of the molecule is Cc1cc(C)cc(COc2ccccc2Cc2ccc(C(F)(F)F)cc2F)c1. The van der Waals surface area contributed by atoms with Gasteiger partial charge in [0.05, 0.1) is 5.56 Å². The summed E-state index contributed by atoms with van der Waals surface area (Å²) < 4.78 is 58.3. The lowest BCUT2D eigenvalue weighted by atomic mass is 10.0. The highest BCUT2D eigenvalue weighted by molar-refractivity contribution is 5.39. The molecule has 5 heteroatoms. The van der Waals surface area contributed by atoms with Crippen molar-refractivity contribution in [1.29, 1.82) is 0 Å². The van der Waals surface area contributed by atoms with Crippen molar-refractivity contribution in [3.63, 3.8) is 0 Å². The van der Waals surface area contributed by atoms with Crippen LogP contribution in [0.1, 0.15) is 33.4 Å². The molecule has 0 bridgehead atoms. The minimum Gasteiger partial charge on any atom is -0.489 e. The topological polar surface area (TPSA) is 9.23 Å². The average molecular weight is 388 g/mol. The molecule has 0 spiro atoms. The summed E-state index contributed by atoms with van der Waals surface area (Å²) in [7, 11) is 0. The maximum atomic E-state index is 14.2. The normalized spacial score (nSPS) is 11.5. The first-order chi connectivity index (χ1) is 13.2. The quantitative estimate of drug-likeness (QED) is 0.446. The van der Waals surface area contributed by atoms with E-state index in [1.165, 1.54) is 6.07 Å². The molecule has 3 rings (SSSR count). The highest BCUT2D eigenvalue weighted by atomic mass is 19.4. The van der Waals surface area contributed by atoms with Gasteiger partial charge in [-0.3, -0.25) is 0 Å². The third kappa shape index (κ3) is 4.91. The summed E-state index contributed by atoms with van der Waals surface area (Å²) in [5.74, 6) is -0.292. The Balaban J connectivity index is 1.79. The van der Waals surface area contributed by atoms with Gasteiger partial charge < -0.3 is 4.74 Å². The molecular formula is C23H20F4O. The van der Waals surface area contributed by atoms with Gasteiger partial charge in [0.1, 0.15) is 18.2 Å². The Morgan fingerprint density at radius 3 is 2.14 bits per heavy atom. The summed E-state index contributed by atoms with van der Waals surface area (Å²) in [6.45, 7) is 4.38. The predicted octanol–water partition coefficient (Wildman–Crippen LogP) is 6.63. The van der Waals surface area contributed by atoms with E-state index in [2.05, 4.69) is 6.07 Å². The van der Waals surface area contributed by atoms with Gasteiger partial charge in [0.15, 0.2) is 0 Å². The second-order valence-corrected chi connectivity index (χ2v) is 6.87. The molecule has 0 aliphatic carbocycles. The molecule has 0 fully saturated rings. The molecule has 0 atom stereocenters. The summed E-state index contributed by atoms with van der Waals surface area (Å²) in [5.41, 5.74) is 3.21. The Bertz CT molecular complexity index is 956. The maximum absolute atomic E-state index is 14.2. The fourth-order valence-corrected chi connectivity index (χ4v) is 3.18. The van der Waals surface area contributed by atoms with Crippen molar-refractivity contribution >= 4 is 0 Å². The minimum atomic E-state index is -4.56. The first-order valence-electron chi connectivity index (χ1n) is 8.86. The van der Waals surface area contributed by atoms with Gasteiger partial charge in [-0.2, -0.15) is 13.2 Å². The largest absolute Gasteiger partial charge is 0.489 e. The Morgan fingerprint density at radius 2 is 1.50 bits per heavy atom. The molecule has 1 nitrogen and oxygen atoms in total. The van der Waals surface area contributed by atoms with Gasteiger partial charge in [0.25, 0.3) is 0 Å². The summed E-state index contributed by atoms with van der Waals surface area (Å²) in [5, 5.41) is 0. The lowest BCUT2D eigenvalue weighted by Gasteiger charge is -2.14. The van der Waals surface area contributed by atoms with E-state index < -0.39 is 17.6 Å². The van der Waals surface area contributed by atoms with Crippen molar-refractivity contribution in [3.8, 4) is 5.75 Å². The van der Waals surface area contributed by atoms with Crippen molar-refractivity contribution in [2.24, 2.45) is 0 Å². The van der Waals surface area contributed by atoms with E-state index in [1.54, 1.807) is 18.2 Å². The molecule has 0 saturated heterocycles. The number of rotatable bonds is 5. The van der Waals surface area contributed by atoms with Crippen LogP contribution in [0, 0.1) is 19.7 Å². The fourth-order valence-electron chi connectivity index (χ4n) is 3.18. The lowest BCUT2D eigenvalue weighted by Crippen LogP contribution is -2.06. The van der Waals surface area contributed by atoms with Crippen LogP contribution in [0.25, 0.3) is 0 Å². The van der Waals surface area contributed by atoms with Crippen molar-refractivity contribution < 1.29 is 22.3 Å². The molecule has 0 amide bonds. The molecule has 0 N–H and O–H groups in total. The highest BCUT2D eigenvalue weighted by Gasteiger charge is 2.31. The van der Waals surface area contributed by atoms with Gasteiger partial charge in [-0.15, -0.1) is 0 Å². The molecule has 0 aliphatic heterocycles. The molecule has 0 aliphatic rings. The van der Waals surface area contributed by atoms with E-state index in [-0.39, 0.29) is 12.0 Å². The maximum Gasteiger partial charge on any atom is 0.416 e. The smallest absolute Gasteiger partial charge is 0.416 e. The van der Waals surface area contributed by atoms with E-state index in [0.717, 1.165) is 22.8 Å². The van der Waals surface area contributed by atoms with E-state index in [1.807, 2.05) is 32.0 Å². The number of aryl methyl sites for hydroxylation is 2. The van der Waals surface area contributed by atoms with Crippen molar-refractivity contribution in [2.45, 2.75) is 33.1 Å². The van der Waals surface area contributed by atoms with Crippen molar-refractivity contribution in [1.82, 2.24) is 0 Å². The van der Waals surface area contributed by atoms with Gasteiger partial charge >= 0.3 is 6.18 Å². The minimum absolute atomic E-state index is 0.146. The Labute approximate surface area is 161 Å². The van der Waals surface area contributed by atoms with Crippen LogP contribution in [0.15, 0.2) is 60.7 Å². The monoisotopic (exact) mass is 388 g/mol. The number of hydrogen-bond donors (Lipinski definition) is 0. The standard InChI is InChI=1S/C23H20F4O/c1-15-9-16(2)11-17(10-15)14-28-22-6-4-3-5-19(22)12-18-7-8-20(13-21(18)24)23(25,26)27/h3-11,13H,12,14H2,1-2H3. The molecular weight excluding hydrogens is 368 g/mol. The van der Waals surface area contributed by atoms with Crippen LogP contribution in [0.2, 0.25) is 0 Å². The number of para-hydroxylation sites is 1. The van der Waals surface area contributed by atoms with E-state index in [9.17, 15) is 17.6 Å². The molecule has 0 heterocycles. The summed E-state index contributed by atoms with van der Waals surface area (Å²) in [4.78, 5) is 0. The van der Waals surface area contributed by atoms with Crippen molar-refractivity contribution in [2.75, 3.05) is 0 Å². The first kappa shape index (κ1) is 19.9. The van der Waals surface area contributed by atoms with Crippen LogP contribution in [0.5, 0.6) is 5.75 Å². The number of benzene rings is 3. The first-order valence-corrected chi connectivity index (χ1v) is 8.86. The summed E-state index contributed by atoms with van der Waals surface area (Å²) >= 11 is 0. The van der Waals surface area contributed by atoms with E-state index in [0.29, 0.717) is 24.0 Å². The average Bonchev–Trinajstić information content (AvgIpc) is 2.61. The van der Waals surface area contributed by atoms with Gasteiger partial charge in [-0.1, -0.05) is 53.6 Å². The molecule has 0 aromatic heterocycles. The molecule has 3 aromatic rings. The third-order valence-electron chi connectivity index (χ3n) is 4.41. The van der Waals surface area contributed by atoms with Crippen LogP contribution >= 0.6 is 0 Å². The second kappa shape index (κ2) is 8.05. The van der Waals surface area contributed by atoms with Crippen LogP contribution in [-0.4, -0.2) is 0 Å². The molecule has 146 valence electrons. The molecule has 0 saturated carbocycles. The van der Waals surface area contributed by atoms with Gasteiger partial charge in [0.2, 0.25) is 0 Å². The number of ether oxygens (including phenoxy) is 1. The molecule has 0 unspecified atom stereocenters.